The lowest BCUT2D eigenvalue weighted by atomic mass is 10.0. The van der Waals surface area contributed by atoms with Crippen LogP contribution < -0.4 is 0 Å². The number of aryl methyl sites for hydroxylation is 1. The number of hydrogen-bond acceptors (Lipinski definition) is 4. The maximum Gasteiger partial charge on any atom is 0.255 e. The zero-order chi connectivity index (χ0) is 17.1. The molecule has 1 fully saturated rings. The van der Waals surface area contributed by atoms with Gasteiger partial charge in [-0.05, 0) is 25.0 Å². The van der Waals surface area contributed by atoms with Crippen molar-refractivity contribution in [1.29, 1.82) is 0 Å². The molecule has 1 aromatic carbocycles. The Labute approximate surface area is 141 Å². The van der Waals surface area contributed by atoms with Gasteiger partial charge in [-0.25, -0.2) is 0 Å². The van der Waals surface area contributed by atoms with E-state index in [4.69, 9.17) is 4.74 Å². The maximum absolute atomic E-state index is 12.8. The van der Waals surface area contributed by atoms with Gasteiger partial charge < -0.3 is 14.7 Å². The highest BCUT2D eigenvalue weighted by Crippen LogP contribution is 2.25. The first-order valence-electron chi connectivity index (χ1n) is 8.09. The molecule has 5 heteroatoms. The van der Waals surface area contributed by atoms with Crippen molar-refractivity contribution in [2.45, 2.75) is 25.5 Å². The summed E-state index contributed by atoms with van der Waals surface area (Å²) in [6, 6.07) is 9.76. The molecule has 1 N–H and O–H groups in total. The van der Waals surface area contributed by atoms with Crippen LogP contribution in [0.3, 0.4) is 0 Å². The van der Waals surface area contributed by atoms with Crippen LogP contribution in [0.25, 0.3) is 11.1 Å². The van der Waals surface area contributed by atoms with Crippen LogP contribution in [0.4, 0.5) is 0 Å². The van der Waals surface area contributed by atoms with Crippen molar-refractivity contribution in [3.8, 4) is 11.1 Å². The molecule has 0 spiro atoms. The monoisotopic (exact) mass is 326 g/mol. The standard InChI is InChI=1S/C19H22N2O3/c1-13-4-3-5-14(6-13)15-7-16(10-20-9-15)19(23)21-11-18(24-2)8-17(21)12-22/h3-7,9-10,17-18,22H,8,11-12H2,1-2H3/t17-,18+/m0/s1. The summed E-state index contributed by atoms with van der Waals surface area (Å²) in [5.74, 6) is -0.115. The number of rotatable bonds is 4. The number of amides is 1. The van der Waals surface area contributed by atoms with E-state index >= 15 is 0 Å². The number of ether oxygens (including phenoxy) is 1. The highest BCUT2D eigenvalue weighted by molar-refractivity contribution is 5.95. The molecular formula is C19H22N2O3. The Balaban J connectivity index is 1.87. The van der Waals surface area contributed by atoms with Crippen molar-refractivity contribution in [3.63, 3.8) is 0 Å². The number of benzene rings is 1. The summed E-state index contributed by atoms with van der Waals surface area (Å²) in [5.41, 5.74) is 3.64. The average Bonchev–Trinajstić information content (AvgIpc) is 3.04. The topological polar surface area (TPSA) is 62.7 Å². The molecule has 1 aliphatic rings. The van der Waals surface area contributed by atoms with Gasteiger partial charge >= 0.3 is 0 Å². The summed E-state index contributed by atoms with van der Waals surface area (Å²) in [6.07, 6.45) is 3.97. The largest absolute Gasteiger partial charge is 0.394 e. The van der Waals surface area contributed by atoms with Crippen molar-refractivity contribution < 1.29 is 14.6 Å². The average molecular weight is 326 g/mol. The van der Waals surface area contributed by atoms with Crippen LogP contribution >= 0.6 is 0 Å². The predicted molar refractivity (Wildman–Crippen MR) is 91.7 cm³/mol. The lowest BCUT2D eigenvalue weighted by Gasteiger charge is -2.22. The van der Waals surface area contributed by atoms with Crippen LogP contribution in [0.1, 0.15) is 22.3 Å². The van der Waals surface area contributed by atoms with Gasteiger partial charge in [-0.1, -0.05) is 29.8 Å². The molecular weight excluding hydrogens is 304 g/mol. The summed E-state index contributed by atoms with van der Waals surface area (Å²) in [6.45, 7) is 2.47. The molecule has 1 aliphatic heterocycles. The highest BCUT2D eigenvalue weighted by Gasteiger charge is 2.35. The Bertz CT molecular complexity index is 732. The lowest BCUT2D eigenvalue weighted by Crippen LogP contribution is -2.38. The first-order valence-corrected chi connectivity index (χ1v) is 8.09. The van der Waals surface area contributed by atoms with Gasteiger partial charge in [0.15, 0.2) is 0 Å². The number of carbonyl (C=O) groups is 1. The van der Waals surface area contributed by atoms with Gasteiger partial charge in [-0.15, -0.1) is 0 Å². The summed E-state index contributed by atoms with van der Waals surface area (Å²) >= 11 is 0. The quantitative estimate of drug-likeness (QED) is 0.936. The lowest BCUT2D eigenvalue weighted by molar-refractivity contribution is 0.0647. The van der Waals surface area contributed by atoms with Crippen LogP contribution in [0.15, 0.2) is 42.7 Å². The second-order valence-corrected chi connectivity index (χ2v) is 6.22. The molecule has 0 aliphatic carbocycles. The van der Waals surface area contributed by atoms with Crippen LogP contribution in [0, 0.1) is 6.92 Å². The smallest absolute Gasteiger partial charge is 0.255 e. The number of aliphatic hydroxyl groups excluding tert-OH is 1. The SMILES string of the molecule is CO[C@@H]1C[C@@H](CO)N(C(=O)c2cncc(-c3cccc(C)c3)c2)C1. The number of methoxy groups -OCH3 is 1. The van der Waals surface area contributed by atoms with E-state index in [1.165, 1.54) is 0 Å². The van der Waals surface area contributed by atoms with E-state index in [2.05, 4.69) is 11.1 Å². The van der Waals surface area contributed by atoms with E-state index in [1.54, 1.807) is 24.4 Å². The molecule has 0 saturated carbocycles. The predicted octanol–water partition coefficient (Wildman–Crippen LogP) is 2.28. The normalized spacial score (nSPS) is 20.4. The van der Waals surface area contributed by atoms with Gasteiger partial charge in [0, 0.05) is 31.6 Å². The number of likely N-dealkylation sites (tertiary alicyclic amines) is 1. The molecule has 0 bridgehead atoms. The molecule has 2 atom stereocenters. The van der Waals surface area contributed by atoms with Crippen molar-refractivity contribution >= 4 is 5.91 Å². The second-order valence-electron chi connectivity index (χ2n) is 6.22. The molecule has 24 heavy (non-hydrogen) atoms. The number of nitrogens with zero attached hydrogens (tertiary/aromatic N) is 2. The number of aromatic nitrogens is 1. The Morgan fingerprint density at radius 1 is 1.33 bits per heavy atom. The molecule has 1 amide bonds. The van der Waals surface area contributed by atoms with Crippen molar-refractivity contribution in [3.05, 3.63) is 53.9 Å². The van der Waals surface area contributed by atoms with Crippen molar-refractivity contribution in [2.75, 3.05) is 20.3 Å². The number of hydrogen-bond donors (Lipinski definition) is 1. The Morgan fingerprint density at radius 2 is 2.17 bits per heavy atom. The minimum Gasteiger partial charge on any atom is -0.394 e. The van der Waals surface area contributed by atoms with Crippen LogP contribution in [0.2, 0.25) is 0 Å². The van der Waals surface area contributed by atoms with E-state index in [1.807, 2.05) is 31.2 Å². The summed E-state index contributed by atoms with van der Waals surface area (Å²) < 4.78 is 5.35. The zero-order valence-corrected chi connectivity index (χ0v) is 14.0. The van der Waals surface area contributed by atoms with E-state index in [9.17, 15) is 9.90 Å². The van der Waals surface area contributed by atoms with E-state index < -0.39 is 0 Å². The highest BCUT2D eigenvalue weighted by atomic mass is 16.5. The molecule has 126 valence electrons. The summed E-state index contributed by atoms with van der Waals surface area (Å²) in [7, 11) is 1.63. The number of aliphatic hydroxyl groups is 1. The molecule has 0 radical (unpaired) electrons. The van der Waals surface area contributed by atoms with Crippen molar-refractivity contribution in [1.82, 2.24) is 9.88 Å². The minimum absolute atomic E-state index is 0.0287. The number of carbonyl (C=O) groups excluding carboxylic acids is 1. The fraction of sp³-hybridized carbons (Fsp3) is 0.368. The third-order valence-corrected chi connectivity index (χ3v) is 4.52. The Morgan fingerprint density at radius 3 is 2.88 bits per heavy atom. The minimum atomic E-state index is -0.204. The summed E-state index contributed by atoms with van der Waals surface area (Å²) in [5, 5.41) is 9.54. The van der Waals surface area contributed by atoms with E-state index in [0.29, 0.717) is 18.5 Å². The molecule has 1 saturated heterocycles. The van der Waals surface area contributed by atoms with Gasteiger partial charge in [0.2, 0.25) is 0 Å². The third-order valence-electron chi connectivity index (χ3n) is 4.52. The van der Waals surface area contributed by atoms with E-state index in [-0.39, 0.29) is 24.7 Å². The first-order chi connectivity index (χ1) is 11.6. The van der Waals surface area contributed by atoms with Crippen molar-refractivity contribution in [2.24, 2.45) is 0 Å². The molecule has 1 aromatic heterocycles. The first kappa shape index (κ1) is 16.6. The fourth-order valence-corrected chi connectivity index (χ4v) is 3.17. The Hall–Kier alpha value is -2.24. The van der Waals surface area contributed by atoms with Crippen LogP contribution in [0.5, 0.6) is 0 Å². The molecule has 2 heterocycles. The molecule has 0 unspecified atom stereocenters. The molecule has 3 rings (SSSR count). The molecule has 2 aromatic rings. The fourth-order valence-electron chi connectivity index (χ4n) is 3.17. The van der Waals surface area contributed by atoms with Gasteiger partial charge in [0.05, 0.1) is 24.3 Å². The van der Waals surface area contributed by atoms with Gasteiger partial charge in [0.25, 0.3) is 5.91 Å². The summed E-state index contributed by atoms with van der Waals surface area (Å²) in [4.78, 5) is 18.8. The van der Waals surface area contributed by atoms with Gasteiger partial charge in [0.1, 0.15) is 0 Å². The molecule has 5 nitrogen and oxygen atoms in total. The van der Waals surface area contributed by atoms with Crippen LogP contribution in [-0.2, 0) is 4.74 Å². The maximum atomic E-state index is 12.8. The van der Waals surface area contributed by atoms with Gasteiger partial charge in [-0.3, -0.25) is 9.78 Å². The van der Waals surface area contributed by atoms with Crippen LogP contribution in [-0.4, -0.2) is 53.3 Å². The third kappa shape index (κ3) is 3.32. The number of pyridine rings is 1. The van der Waals surface area contributed by atoms with E-state index in [0.717, 1.165) is 16.7 Å². The zero-order valence-electron chi connectivity index (χ0n) is 14.0. The van der Waals surface area contributed by atoms with Gasteiger partial charge in [-0.2, -0.15) is 0 Å². The second kappa shape index (κ2) is 7.11. The Kier molecular flexibility index (Phi) is 4.92.